The van der Waals surface area contributed by atoms with Gasteiger partial charge in [0.1, 0.15) is 5.82 Å². The first-order valence-electron chi connectivity index (χ1n) is 3.69. The lowest BCUT2D eigenvalue weighted by Gasteiger charge is -1.99. The summed E-state index contributed by atoms with van der Waals surface area (Å²) in [4.78, 5) is 17.7. The van der Waals surface area contributed by atoms with Crippen molar-refractivity contribution in [3.8, 4) is 0 Å². The Balaban J connectivity index is 2.26. The number of imidazole rings is 1. The van der Waals surface area contributed by atoms with Crippen molar-refractivity contribution in [3.05, 3.63) is 30.9 Å². The number of carbonyl (C=O) groups excluding carboxylic acids is 1. The summed E-state index contributed by atoms with van der Waals surface area (Å²) < 4.78 is 0. The average Bonchev–Trinajstić information content (AvgIpc) is 2.53. The third-order valence-electron chi connectivity index (χ3n) is 1.34. The van der Waals surface area contributed by atoms with Crippen LogP contribution < -0.4 is 5.32 Å². The molecule has 0 saturated carbocycles. The molecule has 4 nitrogen and oxygen atoms in total. The second kappa shape index (κ2) is 4.33. The van der Waals surface area contributed by atoms with E-state index in [1.54, 1.807) is 18.5 Å². The van der Waals surface area contributed by atoms with Crippen molar-refractivity contribution >= 4 is 5.91 Å². The van der Waals surface area contributed by atoms with E-state index >= 15 is 0 Å². The molecular formula is C8H11N3O. The highest BCUT2D eigenvalue weighted by Crippen LogP contribution is 1.87. The van der Waals surface area contributed by atoms with Crippen LogP contribution in [-0.2, 0) is 11.3 Å². The number of nitrogens with one attached hydrogen (secondary N) is 2. The van der Waals surface area contributed by atoms with E-state index in [0.717, 1.165) is 5.82 Å². The smallest absolute Gasteiger partial charge is 0.224 e. The maximum Gasteiger partial charge on any atom is 0.224 e. The number of hydrogen-bond donors (Lipinski definition) is 2. The quantitative estimate of drug-likeness (QED) is 0.642. The van der Waals surface area contributed by atoms with Crippen LogP contribution in [0.2, 0.25) is 0 Å². The molecule has 0 unspecified atom stereocenters. The molecule has 0 saturated heterocycles. The molecule has 0 aliphatic carbocycles. The Kier molecular flexibility index (Phi) is 3.07. The number of H-pyrrole nitrogens is 1. The van der Waals surface area contributed by atoms with E-state index < -0.39 is 0 Å². The van der Waals surface area contributed by atoms with Crippen molar-refractivity contribution in [2.24, 2.45) is 0 Å². The third kappa shape index (κ3) is 2.57. The van der Waals surface area contributed by atoms with Gasteiger partial charge in [-0.15, -0.1) is 6.58 Å². The molecule has 0 bridgehead atoms. The van der Waals surface area contributed by atoms with Crippen LogP contribution in [0, 0.1) is 0 Å². The van der Waals surface area contributed by atoms with Gasteiger partial charge in [-0.05, 0) is 0 Å². The predicted octanol–water partition coefficient (Wildman–Crippen LogP) is 0.602. The molecule has 1 aromatic heterocycles. The maximum atomic E-state index is 10.9. The lowest BCUT2D eigenvalue weighted by Crippen LogP contribution is -2.22. The molecule has 1 aromatic rings. The van der Waals surface area contributed by atoms with Crippen molar-refractivity contribution in [3.63, 3.8) is 0 Å². The minimum atomic E-state index is -0.0404. The Hall–Kier alpha value is -1.58. The maximum absolute atomic E-state index is 10.9. The number of aromatic amines is 1. The molecule has 2 N–H and O–H groups in total. The van der Waals surface area contributed by atoms with Crippen molar-refractivity contribution in [1.82, 2.24) is 15.3 Å². The van der Waals surface area contributed by atoms with Crippen LogP contribution in [0.3, 0.4) is 0 Å². The Labute approximate surface area is 70.7 Å². The topological polar surface area (TPSA) is 57.8 Å². The van der Waals surface area contributed by atoms with Gasteiger partial charge in [-0.2, -0.15) is 0 Å². The van der Waals surface area contributed by atoms with E-state index in [0.29, 0.717) is 13.0 Å². The minimum Gasteiger partial charge on any atom is -0.349 e. The van der Waals surface area contributed by atoms with Crippen LogP contribution in [-0.4, -0.2) is 15.9 Å². The van der Waals surface area contributed by atoms with Gasteiger partial charge in [0, 0.05) is 18.8 Å². The van der Waals surface area contributed by atoms with E-state index in [1.165, 1.54) is 0 Å². The van der Waals surface area contributed by atoms with E-state index in [4.69, 9.17) is 0 Å². The zero-order chi connectivity index (χ0) is 8.81. The Morgan fingerprint density at radius 2 is 2.67 bits per heavy atom. The largest absolute Gasteiger partial charge is 0.349 e. The summed E-state index contributed by atoms with van der Waals surface area (Å²) in [5.41, 5.74) is 0. The van der Waals surface area contributed by atoms with E-state index in [2.05, 4.69) is 21.9 Å². The second-order valence-corrected chi connectivity index (χ2v) is 2.31. The molecule has 1 rings (SSSR count). The highest BCUT2D eigenvalue weighted by Gasteiger charge is 1.98. The highest BCUT2D eigenvalue weighted by atomic mass is 16.1. The molecular weight excluding hydrogens is 154 g/mol. The lowest BCUT2D eigenvalue weighted by molar-refractivity contribution is -0.120. The van der Waals surface area contributed by atoms with E-state index in [9.17, 15) is 4.79 Å². The summed E-state index contributed by atoms with van der Waals surface area (Å²) in [5, 5.41) is 2.68. The van der Waals surface area contributed by atoms with Crippen molar-refractivity contribution in [2.45, 2.75) is 13.0 Å². The fourth-order valence-corrected chi connectivity index (χ4v) is 0.780. The average molecular weight is 165 g/mol. The second-order valence-electron chi connectivity index (χ2n) is 2.31. The predicted molar refractivity (Wildman–Crippen MR) is 45.2 cm³/mol. The molecule has 0 aliphatic heterocycles. The first-order valence-corrected chi connectivity index (χ1v) is 3.69. The number of rotatable bonds is 4. The van der Waals surface area contributed by atoms with Gasteiger partial charge in [0.2, 0.25) is 5.91 Å². The molecule has 1 amide bonds. The lowest BCUT2D eigenvalue weighted by atomic mass is 10.4. The summed E-state index contributed by atoms with van der Waals surface area (Å²) in [6, 6.07) is 0. The highest BCUT2D eigenvalue weighted by molar-refractivity contribution is 5.77. The van der Waals surface area contributed by atoms with Crippen LogP contribution in [0.1, 0.15) is 12.2 Å². The zero-order valence-electron chi connectivity index (χ0n) is 6.71. The third-order valence-corrected chi connectivity index (χ3v) is 1.34. The molecule has 1 heterocycles. The first kappa shape index (κ1) is 8.52. The first-order chi connectivity index (χ1) is 5.83. The van der Waals surface area contributed by atoms with Gasteiger partial charge in [0.05, 0.1) is 6.54 Å². The van der Waals surface area contributed by atoms with Gasteiger partial charge in [0.15, 0.2) is 0 Å². The number of hydrogen-bond acceptors (Lipinski definition) is 2. The summed E-state index contributed by atoms with van der Waals surface area (Å²) in [7, 11) is 0. The molecule has 0 atom stereocenters. The minimum absolute atomic E-state index is 0.0404. The standard InChI is InChI=1S/C8H11N3O/c1-2-3-8(12)11-6-7-9-4-5-10-7/h2,4-5H,1,3,6H2,(H,9,10)(H,11,12). The van der Waals surface area contributed by atoms with Crippen LogP contribution in [0.5, 0.6) is 0 Å². The van der Waals surface area contributed by atoms with Gasteiger partial charge >= 0.3 is 0 Å². The fourth-order valence-electron chi connectivity index (χ4n) is 0.780. The van der Waals surface area contributed by atoms with Crippen LogP contribution >= 0.6 is 0 Å². The molecule has 0 radical (unpaired) electrons. The van der Waals surface area contributed by atoms with Gasteiger partial charge in [-0.1, -0.05) is 6.08 Å². The molecule has 64 valence electrons. The number of amides is 1. The van der Waals surface area contributed by atoms with Gasteiger partial charge in [-0.3, -0.25) is 4.79 Å². The molecule has 0 aromatic carbocycles. The summed E-state index contributed by atoms with van der Waals surface area (Å²) >= 11 is 0. The fraction of sp³-hybridized carbons (Fsp3) is 0.250. The number of nitrogens with zero attached hydrogens (tertiary/aromatic N) is 1. The number of aromatic nitrogens is 2. The van der Waals surface area contributed by atoms with Crippen LogP contribution in [0.15, 0.2) is 25.0 Å². The SMILES string of the molecule is C=CCC(=O)NCc1ncc[nH]1. The van der Waals surface area contributed by atoms with Crippen molar-refractivity contribution in [2.75, 3.05) is 0 Å². The Bertz CT molecular complexity index is 253. The van der Waals surface area contributed by atoms with Crippen molar-refractivity contribution in [1.29, 1.82) is 0 Å². The molecule has 0 spiro atoms. The molecule has 12 heavy (non-hydrogen) atoms. The Morgan fingerprint density at radius 1 is 1.83 bits per heavy atom. The summed E-state index contributed by atoms with van der Waals surface area (Å²) in [6.45, 7) is 3.91. The molecule has 0 fully saturated rings. The van der Waals surface area contributed by atoms with Gasteiger partial charge < -0.3 is 10.3 Å². The van der Waals surface area contributed by atoms with E-state index in [-0.39, 0.29) is 5.91 Å². The molecule has 4 heteroatoms. The van der Waals surface area contributed by atoms with Crippen LogP contribution in [0.25, 0.3) is 0 Å². The Morgan fingerprint density at radius 3 is 3.25 bits per heavy atom. The van der Waals surface area contributed by atoms with Gasteiger partial charge in [0.25, 0.3) is 0 Å². The summed E-state index contributed by atoms with van der Waals surface area (Å²) in [6.07, 6.45) is 5.28. The monoisotopic (exact) mass is 165 g/mol. The molecule has 0 aliphatic rings. The number of carbonyl (C=O) groups is 1. The van der Waals surface area contributed by atoms with E-state index in [1.807, 2.05) is 0 Å². The van der Waals surface area contributed by atoms with Gasteiger partial charge in [-0.25, -0.2) is 4.98 Å². The van der Waals surface area contributed by atoms with Crippen molar-refractivity contribution < 1.29 is 4.79 Å². The zero-order valence-corrected chi connectivity index (χ0v) is 6.71. The summed E-state index contributed by atoms with van der Waals surface area (Å²) in [5.74, 6) is 0.716. The van der Waals surface area contributed by atoms with Crippen LogP contribution in [0.4, 0.5) is 0 Å². The normalized spacial score (nSPS) is 9.33.